The molecule has 0 heterocycles. The van der Waals surface area contributed by atoms with Crippen molar-refractivity contribution in [1.82, 2.24) is 0 Å². The summed E-state index contributed by atoms with van der Waals surface area (Å²) in [6, 6.07) is 0. The molecule has 0 saturated carbocycles. The molecule has 0 aromatic rings. The summed E-state index contributed by atoms with van der Waals surface area (Å²) in [4.78, 5) is 0. The molecule has 0 atom stereocenters. The molecule has 0 aliphatic heterocycles. The summed E-state index contributed by atoms with van der Waals surface area (Å²) in [5, 5.41) is 0. The first-order valence-corrected chi connectivity index (χ1v) is 0. The summed E-state index contributed by atoms with van der Waals surface area (Å²) < 4.78 is 0. The van der Waals surface area contributed by atoms with Crippen molar-refractivity contribution in [3.8, 4) is 0 Å². The molecule has 0 aliphatic carbocycles. The summed E-state index contributed by atoms with van der Waals surface area (Å²) in [5.74, 6) is 0. The van der Waals surface area contributed by atoms with Crippen LogP contribution in [0.15, 0.2) is 0 Å². The average molecular weight is 153 g/mol. The summed E-state index contributed by atoms with van der Waals surface area (Å²) in [6.07, 6.45) is 0. The average Bonchev–Trinajstić information content (AvgIpc) is 0. The van der Waals surface area contributed by atoms with Gasteiger partial charge in [-0.2, -0.15) is 0 Å². The first kappa shape index (κ1) is 76.5. The van der Waals surface area contributed by atoms with Gasteiger partial charge in [-0.1, -0.05) is 0 Å². The molecule has 0 saturated heterocycles. The number of halogens is 2. The fourth-order valence-electron chi connectivity index (χ4n) is 0. The van der Waals surface area contributed by atoms with Crippen LogP contribution in [0.5, 0.6) is 0 Å². The number of hydrogen-bond acceptors (Lipinski definition) is 1. The minimum absolute atomic E-state index is 0. The van der Waals surface area contributed by atoms with Crippen LogP contribution in [0.3, 0.4) is 0 Å². The van der Waals surface area contributed by atoms with Gasteiger partial charge < -0.3 is 35.8 Å². The molecule has 6 heteroatoms. The van der Waals surface area contributed by atoms with Gasteiger partial charge in [0.2, 0.25) is 0 Å². The third-order valence-corrected chi connectivity index (χ3v) is 0. The zero-order valence-corrected chi connectivity index (χ0v) is 9.22. The number of hydrogen-bond donors (Lipinski definition) is 0. The van der Waals surface area contributed by atoms with E-state index in [1.165, 1.54) is 0 Å². The van der Waals surface area contributed by atoms with Crippen LogP contribution >= 0.6 is 0 Å². The Morgan fingerprint density at radius 2 is 0.833 bits per heavy atom. The normalized spacial score (nSPS) is 0. The van der Waals surface area contributed by atoms with Crippen LogP contribution < -0.4 is 83.9 Å². The van der Waals surface area contributed by atoms with Gasteiger partial charge in [0, 0.05) is 0 Å². The van der Waals surface area contributed by atoms with Crippen LogP contribution in [-0.4, -0.2) is 11.0 Å². The van der Waals surface area contributed by atoms with Gasteiger partial charge in [0.15, 0.2) is 0 Å². The van der Waals surface area contributed by atoms with E-state index in [9.17, 15) is 0 Å². The van der Waals surface area contributed by atoms with Gasteiger partial charge >= 0.3 is 60.5 Å². The van der Waals surface area contributed by atoms with Gasteiger partial charge in [-0.05, 0) is 0 Å². The Balaban J connectivity index is 0. The second kappa shape index (κ2) is 50.7. The van der Waals surface area contributed by atoms with Gasteiger partial charge in [0.05, 0.1) is 0 Å². The second-order valence-corrected chi connectivity index (χ2v) is 0. The van der Waals surface area contributed by atoms with E-state index in [1.807, 2.05) is 0 Å². The summed E-state index contributed by atoms with van der Waals surface area (Å²) in [6.45, 7) is 0. The Labute approximate surface area is 94.9 Å². The van der Waals surface area contributed by atoms with Crippen molar-refractivity contribution in [2.75, 3.05) is 0 Å². The summed E-state index contributed by atoms with van der Waals surface area (Å²) in [7, 11) is 0. The molecule has 0 unspecified atom stereocenters. The van der Waals surface area contributed by atoms with Crippen molar-refractivity contribution < 1.29 is 96.3 Å². The van der Waals surface area contributed by atoms with Gasteiger partial charge in [-0.15, -0.1) is 0 Å². The van der Waals surface area contributed by atoms with E-state index < -0.39 is 0 Å². The molecule has 0 spiro atoms. The Hall–Kier alpha value is 2.50. The maximum Gasteiger partial charge on any atom is 1.00 e. The molecule has 0 aromatic carbocycles. The van der Waals surface area contributed by atoms with Gasteiger partial charge in [0.1, 0.15) is 0 Å². The van der Waals surface area contributed by atoms with Crippen molar-refractivity contribution in [3.05, 3.63) is 0 Å². The molecular weight excluding hydrogens is 149 g/mol. The molecule has 0 amide bonds. The Morgan fingerprint density at radius 1 is 0.833 bits per heavy atom. The van der Waals surface area contributed by atoms with E-state index in [0.717, 1.165) is 0 Å². The second-order valence-electron chi connectivity index (χ2n) is 0. The quantitative estimate of drug-likeness (QED) is 0.318. The molecular formula is H4Cl2Na2O2. The van der Waals surface area contributed by atoms with Crippen LogP contribution in [-0.2, 0) is 0 Å². The van der Waals surface area contributed by atoms with E-state index >= 15 is 0 Å². The topological polar surface area (TPSA) is 61.5 Å². The maximum atomic E-state index is 0. The molecule has 0 aliphatic rings. The first-order chi connectivity index (χ1) is 0. The fraction of sp³-hybridized carbons (Fsp3) is 0. The van der Waals surface area contributed by atoms with E-state index in [0.29, 0.717) is 0 Å². The minimum Gasteiger partial charge on any atom is -1.00 e. The SMILES string of the molecule is O.[Cl-].[Cl-].[H+].[Na+].[Na+].[OH-]. The third kappa shape index (κ3) is 31.5. The van der Waals surface area contributed by atoms with Gasteiger partial charge in [-0.25, -0.2) is 0 Å². The molecule has 2 nitrogen and oxygen atoms in total. The molecule has 3 N–H and O–H groups in total. The first-order valence-electron chi connectivity index (χ1n) is 0. The Bertz CT molecular complexity index is 13.7. The molecule has 0 radical (unpaired) electrons. The van der Waals surface area contributed by atoms with E-state index in [4.69, 9.17) is 0 Å². The van der Waals surface area contributed by atoms with Crippen LogP contribution in [0.4, 0.5) is 0 Å². The van der Waals surface area contributed by atoms with Gasteiger partial charge in [-0.3, -0.25) is 0 Å². The minimum atomic E-state index is 0. The zero-order valence-electron chi connectivity index (χ0n) is 4.70. The van der Waals surface area contributed by atoms with Crippen molar-refractivity contribution in [2.45, 2.75) is 0 Å². The Morgan fingerprint density at radius 3 is 0.833 bits per heavy atom. The van der Waals surface area contributed by atoms with Crippen molar-refractivity contribution in [1.29, 1.82) is 0 Å². The Kier molecular flexibility index (Phi) is 646. The monoisotopic (exact) mass is 152 g/mol. The molecule has 0 aromatic heterocycles. The van der Waals surface area contributed by atoms with Crippen molar-refractivity contribution in [2.24, 2.45) is 0 Å². The zero-order chi connectivity index (χ0) is 0. The van der Waals surface area contributed by atoms with Gasteiger partial charge in [0.25, 0.3) is 0 Å². The van der Waals surface area contributed by atoms with Crippen LogP contribution in [0, 0.1) is 0 Å². The summed E-state index contributed by atoms with van der Waals surface area (Å²) in [5.41, 5.74) is 0. The summed E-state index contributed by atoms with van der Waals surface area (Å²) >= 11 is 0. The van der Waals surface area contributed by atoms with Crippen LogP contribution in [0.25, 0.3) is 0 Å². The van der Waals surface area contributed by atoms with Crippen LogP contribution in [0.1, 0.15) is 1.43 Å². The predicted molar refractivity (Wildman–Crippen MR) is 6.66 cm³/mol. The smallest absolute Gasteiger partial charge is 1.00 e. The molecule has 0 bridgehead atoms. The fourth-order valence-corrected chi connectivity index (χ4v) is 0. The predicted octanol–water partition coefficient (Wildman–Crippen LogP) is -12.9. The largest absolute Gasteiger partial charge is 1.00 e. The molecule has 32 valence electrons. The number of rotatable bonds is 0. The standard InChI is InChI=1S/2ClH.2Na.2H2O/h2*1H;;;2*1H2/q;;2*+1;;/p-2. The maximum absolute atomic E-state index is 0. The molecule has 0 rings (SSSR count). The van der Waals surface area contributed by atoms with Crippen LogP contribution in [0.2, 0.25) is 0 Å². The van der Waals surface area contributed by atoms with Crippen molar-refractivity contribution >= 4 is 0 Å². The third-order valence-electron chi connectivity index (χ3n) is 0. The van der Waals surface area contributed by atoms with Crippen molar-refractivity contribution in [3.63, 3.8) is 0 Å². The molecule has 0 fully saturated rings. The molecule has 6 heavy (non-hydrogen) atoms. The van der Waals surface area contributed by atoms with E-state index in [-0.39, 0.29) is 96.3 Å². The van der Waals surface area contributed by atoms with E-state index in [2.05, 4.69) is 0 Å². The van der Waals surface area contributed by atoms with E-state index in [1.54, 1.807) is 0 Å².